The van der Waals surface area contributed by atoms with Crippen molar-refractivity contribution in [2.75, 3.05) is 0 Å². The number of benzene rings is 1. The van der Waals surface area contributed by atoms with E-state index in [9.17, 15) is 9.59 Å². The van der Waals surface area contributed by atoms with Gasteiger partial charge in [-0.25, -0.2) is 0 Å². The highest BCUT2D eigenvalue weighted by Crippen LogP contribution is 2.42. The molecular formula is C16H18Cl2O4. The molecule has 1 saturated heterocycles. The van der Waals surface area contributed by atoms with Crippen molar-refractivity contribution in [3.8, 4) is 0 Å². The van der Waals surface area contributed by atoms with Crippen molar-refractivity contribution in [2.45, 2.75) is 45.3 Å². The van der Waals surface area contributed by atoms with Gasteiger partial charge in [-0.2, -0.15) is 0 Å². The maximum atomic E-state index is 12.4. The average molecular weight is 345 g/mol. The molecule has 1 aromatic carbocycles. The molecule has 1 fully saturated rings. The van der Waals surface area contributed by atoms with Crippen molar-refractivity contribution in [2.24, 2.45) is 5.92 Å². The van der Waals surface area contributed by atoms with Gasteiger partial charge in [0.2, 0.25) is 0 Å². The molecule has 22 heavy (non-hydrogen) atoms. The Kier molecular flexibility index (Phi) is 4.46. The number of hydrogen-bond donors (Lipinski definition) is 0. The second-order valence-electron chi connectivity index (χ2n) is 6.07. The number of halogens is 2. The highest BCUT2D eigenvalue weighted by molar-refractivity contribution is 6.42. The number of ether oxygens (including phenoxy) is 2. The second-order valence-corrected chi connectivity index (χ2v) is 6.89. The van der Waals surface area contributed by atoms with Gasteiger partial charge in [-0.05, 0) is 24.1 Å². The van der Waals surface area contributed by atoms with Crippen LogP contribution < -0.4 is 0 Å². The molecule has 0 unspecified atom stereocenters. The average Bonchev–Trinajstić information content (AvgIpc) is 2.39. The lowest BCUT2D eigenvalue weighted by Crippen LogP contribution is -2.53. The normalized spacial score (nSPS) is 21.0. The Hall–Kier alpha value is -1.26. The SMILES string of the molecule is CC[C@](C)(c1ccc(Cl)c(Cl)c1)C1C(=O)OC(C)(C)OC1=O. The van der Waals surface area contributed by atoms with Crippen LogP contribution in [0.2, 0.25) is 10.0 Å². The van der Waals surface area contributed by atoms with Crippen LogP contribution in [0.25, 0.3) is 0 Å². The van der Waals surface area contributed by atoms with Crippen LogP contribution in [0, 0.1) is 5.92 Å². The fourth-order valence-electron chi connectivity index (χ4n) is 2.67. The minimum Gasteiger partial charge on any atom is -0.422 e. The predicted octanol–water partition coefficient (Wildman–Crippen LogP) is 4.11. The number of carbonyl (C=O) groups is 2. The standard InChI is InChI=1S/C16H18Cl2O4/c1-5-16(4,9-6-7-10(17)11(18)8-9)12-13(19)21-15(2,3)22-14(12)20/h6-8,12H,5H2,1-4H3/t16-/m1/s1. The molecule has 120 valence electrons. The lowest BCUT2D eigenvalue weighted by atomic mass is 9.69. The first-order chi connectivity index (χ1) is 10.1. The van der Waals surface area contributed by atoms with E-state index in [-0.39, 0.29) is 0 Å². The summed E-state index contributed by atoms with van der Waals surface area (Å²) in [6, 6.07) is 5.09. The van der Waals surface area contributed by atoms with Crippen LogP contribution >= 0.6 is 23.2 Å². The molecule has 0 radical (unpaired) electrons. The molecule has 1 atom stereocenters. The molecule has 0 aliphatic carbocycles. The lowest BCUT2D eigenvalue weighted by Gasteiger charge is -2.41. The Balaban J connectivity index is 2.47. The molecule has 4 nitrogen and oxygen atoms in total. The van der Waals surface area contributed by atoms with Gasteiger partial charge in [0.15, 0.2) is 5.92 Å². The molecule has 0 N–H and O–H groups in total. The van der Waals surface area contributed by atoms with Crippen LogP contribution in [-0.4, -0.2) is 17.7 Å². The Morgan fingerprint density at radius 2 is 1.68 bits per heavy atom. The summed E-state index contributed by atoms with van der Waals surface area (Å²) in [5.74, 6) is -3.45. The van der Waals surface area contributed by atoms with E-state index in [1.165, 1.54) is 13.8 Å². The van der Waals surface area contributed by atoms with Crippen molar-refractivity contribution >= 4 is 35.1 Å². The van der Waals surface area contributed by atoms with E-state index in [1.807, 2.05) is 13.8 Å². The van der Waals surface area contributed by atoms with Gasteiger partial charge in [0.25, 0.3) is 5.79 Å². The number of carbonyl (C=O) groups excluding carboxylic acids is 2. The Bertz CT molecular complexity index is 607. The van der Waals surface area contributed by atoms with E-state index >= 15 is 0 Å². The fraction of sp³-hybridized carbons (Fsp3) is 0.500. The summed E-state index contributed by atoms with van der Waals surface area (Å²) >= 11 is 12.0. The first-order valence-electron chi connectivity index (χ1n) is 7.02. The Morgan fingerprint density at radius 3 is 2.14 bits per heavy atom. The Labute approximate surface area is 139 Å². The van der Waals surface area contributed by atoms with Crippen molar-refractivity contribution in [1.82, 2.24) is 0 Å². The third kappa shape index (κ3) is 2.95. The summed E-state index contributed by atoms with van der Waals surface area (Å²) < 4.78 is 10.5. The number of rotatable bonds is 3. The number of esters is 2. The Morgan fingerprint density at radius 1 is 1.14 bits per heavy atom. The summed E-state index contributed by atoms with van der Waals surface area (Å²) in [4.78, 5) is 24.7. The lowest BCUT2D eigenvalue weighted by molar-refractivity contribution is -0.243. The molecule has 1 aromatic rings. The van der Waals surface area contributed by atoms with E-state index in [1.54, 1.807) is 18.2 Å². The molecule has 2 rings (SSSR count). The summed E-state index contributed by atoms with van der Waals surface area (Å²) in [6.45, 7) is 6.77. The zero-order valence-electron chi connectivity index (χ0n) is 12.9. The van der Waals surface area contributed by atoms with Crippen molar-refractivity contribution in [1.29, 1.82) is 0 Å². The monoisotopic (exact) mass is 344 g/mol. The van der Waals surface area contributed by atoms with E-state index < -0.39 is 29.1 Å². The van der Waals surface area contributed by atoms with Gasteiger partial charge in [0.05, 0.1) is 10.0 Å². The molecule has 0 saturated carbocycles. The minimum absolute atomic E-state index is 0.372. The van der Waals surface area contributed by atoms with Crippen molar-refractivity contribution in [3.05, 3.63) is 33.8 Å². The first-order valence-corrected chi connectivity index (χ1v) is 7.77. The fourth-order valence-corrected chi connectivity index (χ4v) is 2.96. The molecule has 0 bridgehead atoms. The molecule has 1 heterocycles. The quantitative estimate of drug-likeness (QED) is 0.611. The molecule has 6 heteroatoms. The van der Waals surface area contributed by atoms with Gasteiger partial charge in [-0.1, -0.05) is 43.1 Å². The number of cyclic esters (lactones) is 2. The third-order valence-electron chi connectivity index (χ3n) is 4.11. The molecule has 1 aliphatic heterocycles. The van der Waals surface area contributed by atoms with Gasteiger partial charge < -0.3 is 9.47 Å². The van der Waals surface area contributed by atoms with Gasteiger partial charge in [-0.3, -0.25) is 9.59 Å². The third-order valence-corrected chi connectivity index (χ3v) is 4.85. The zero-order chi connectivity index (χ0) is 16.7. The molecular weight excluding hydrogens is 327 g/mol. The largest absolute Gasteiger partial charge is 0.422 e. The van der Waals surface area contributed by atoms with Gasteiger partial charge >= 0.3 is 11.9 Å². The van der Waals surface area contributed by atoms with Crippen LogP contribution in [0.5, 0.6) is 0 Å². The smallest absolute Gasteiger partial charge is 0.324 e. The van der Waals surface area contributed by atoms with Gasteiger partial charge in [0, 0.05) is 19.3 Å². The maximum Gasteiger partial charge on any atom is 0.324 e. The maximum absolute atomic E-state index is 12.4. The van der Waals surface area contributed by atoms with Crippen LogP contribution in [0.15, 0.2) is 18.2 Å². The van der Waals surface area contributed by atoms with Crippen LogP contribution in [0.4, 0.5) is 0 Å². The van der Waals surface area contributed by atoms with Crippen LogP contribution in [0.3, 0.4) is 0 Å². The van der Waals surface area contributed by atoms with E-state index in [4.69, 9.17) is 32.7 Å². The highest BCUT2D eigenvalue weighted by atomic mass is 35.5. The summed E-state index contributed by atoms with van der Waals surface area (Å²) in [5, 5.41) is 0.788. The van der Waals surface area contributed by atoms with Crippen LogP contribution in [0.1, 0.15) is 39.7 Å². The highest BCUT2D eigenvalue weighted by Gasteiger charge is 2.52. The first kappa shape index (κ1) is 17.1. The van der Waals surface area contributed by atoms with Gasteiger partial charge in [-0.15, -0.1) is 0 Å². The van der Waals surface area contributed by atoms with E-state index in [2.05, 4.69) is 0 Å². The summed E-state index contributed by atoms with van der Waals surface area (Å²) in [6.07, 6.45) is 0.528. The second kappa shape index (κ2) is 5.74. The molecule has 1 aliphatic rings. The molecule has 0 amide bonds. The molecule has 0 spiro atoms. The van der Waals surface area contributed by atoms with Crippen molar-refractivity contribution < 1.29 is 19.1 Å². The topological polar surface area (TPSA) is 52.6 Å². The number of hydrogen-bond acceptors (Lipinski definition) is 4. The molecule has 0 aromatic heterocycles. The van der Waals surface area contributed by atoms with E-state index in [0.29, 0.717) is 16.5 Å². The zero-order valence-corrected chi connectivity index (χ0v) is 14.4. The summed E-state index contributed by atoms with van der Waals surface area (Å²) in [5.41, 5.74) is -0.0539. The van der Waals surface area contributed by atoms with Gasteiger partial charge in [0.1, 0.15) is 0 Å². The van der Waals surface area contributed by atoms with E-state index in [0.717, 1.165) is 5.56 Å². The summed E-state index contributed by atoms with van der Waals surface area (Å²) in [7, 11) is 0. The predicted molar refractivity (Wildman–Crippen MR) is 83.9 cm³/mol. The van der Waals surface area contributed by atoms with Crippen molar-refractivity contribution in [3.63, 3.8) is 0 Å². The van der Waals surface area contributed by atoms with Crippen LogP contribution in [-0.2, 0) is 24.5 Å². The minimum atomic E-state index is -1.24.